The monoisotopic (exact) mass is 367 g/mol. The van der Waals surface area contributed by atoms with E-state index in [2.05, 4.69) is 15.5 Å². The van der Waals surface area contributed by atoms with Gasteiger partial charge in [0.1, 0.15) is 0 Å². The highest BCUT2D eigenvalue weighted by Gasteiger charge is 2.10. The molecule has 1 heterocycles. The number of anilines is 1. The van der Waals surface area contributed by atoms with Gasteiger partial charge in [-0.1, -0.05) is 29.8 Å². The first-order valence-corrected chi connectivity index (χ1v) is 9.74. The first-order chi connectivity index (χ1) is 12.3. The van der Waals surface area contributed by atoms with E-state index < -0.39 is 9.84 Å². The predicted octanol–water partition coefficient (Wildman–Crippen LogP) is 3.11. The lowest BCUT2D eigenvalue weighted by molar-refractivity contribution is 0.102. The molecule has 0 saturated heterocycles. The number of carbonyl (C=O) groups excluding carboxylic acids is 1. The highest BCUT2D eigenvalue weighted by Crippen LogP contribution is 2.20. The summed E-state index contributed by atoms with van der Waals surface area (Å²) in [6, 6.07) is 17.4. The Bertz CT molecular complexity index is 1030. The summed E-state index contributed by atoms with van der Waals surface area (Å²) in [5, 5.41) is 10.4. The summed E-state index contributed by atoms with van der Waals surface area (Å²) < 4.78 is 22.8. The minimum absolute atomic E-state index is 0.0665. The quantitative estimate of drug-likeness (QED) is 0.765. The zero-order chi connectivity index (χ0) is 18.7. The predicted molar refractivity (Wildman–Crippen MR) is 99.7 cm³/mol. The third-order valence-electron chi connectivity index (χ3n) is 3.77. The van der Waals surface area contributed by atoms with Crippen LogP contribution in [0.3, 0.4) is 0 Å². The molecule has 0 bridgehead atoms. The van der Waals surface area contributed by atoms with E-state index in [4.69, 9.17) is 0 Å². The fourth-order valence-corrected chi connectivity index (χ4v) is 2.81. The van der Waals surface area contributed by atoms with Crippen molar-refractivity contribution in [1.29, 1.82) is 0 Å². The van der Waals surface area contributed by atoms with Crippen LogP contribution in [-0.4, -0.2) is 30.8 Å². The lowest BCUT2D eigenvalue weighted by Gasteiger charge is -2.07. The molecule has 26 heavy (non-hydrogen) atoms. The molecular weight excluding hydrogens is 350 g/mol. The lowest BCUT2D eigenvalue weighted by atomic mass is 10.1. The molecule has 0 atom stereocenters. The highest BCUT2D eigenvalue weighted by molar-refractivity contribution is 7.90. The van der Waals surface area contributed by atoms with Crippen molar-refractivity contribution in [2.75, 3.05) is 11.6 Å². The summed E-state index contributed by atoms with van der Waals surface area (Å²) in [6.45, 7) is 1.96. The Morgan fingerprint density at radius 3 is 2.08 bits per heavy atom. The number of hydrogen-bond donors (Lipinski definition) is 1. The molecule has 0 spiro atoms. The number of nitrogens with zero attached hydrogens (tertiary/aromatic N) is 2. The number of sulfone groups is 1. The molecule has 0 aliphatic rings. The van der Waals surface area contributed by atoms with Crippen molar-refractivity contribution in [3.8, 4) is 11.3 Å². The molecule has 1 amide bonds. The summed E-state index contributed by atoms with van der Waals surface area (Å²) in [7, 11) is -3.37. The van der Waals surface area contributed by atoms with Crippen LogP contribution in [0, 0.1) is 6.92 Å². The van der Waals surface area contributed by atoms with E-state index in [0.717, 1.165) is 17.4 Å². The lowest BCUT2D eigenvalue weighted by Crippen LogP contribution is -2.11. The molecule has 132 valence electrons. The normalized spacial score (nSPS) is 11.2. The van der Waals surface area contributed by atoms with Gasteiger partial charge in [0, 0.05) is 23.1 Å². The van der Waals surface area contributed by atoms with Crippen molar-refractivity contribution >= 4 is 21.4 Å². The summed E-state index contributed by atoms with van der Waals surface area (Å²) in [6.07, 6.45) is 1.09. The maximum atomic E-state index is 12.2. The Labute approximate surface area is 151 Å². The Morgan fingerprint density at radius 1 is 0.885 bits per heavy atom. The van der Waals surface area contributed by atoms with E-state index >= 15 is 0 Å². The molecule has 1 aromatic heterocycles. The minimum atomic E-state index is -3.37. The minimum Gasteiger partial charge on any atom is -0.322 e. The van der Waals surface area contributed by atoms with Crippen LogP contribution >= 0.6 is 0 Å². The Hall–Kier alpha value is -3.06. The van der Waals surface area contributed by atoms with Crippen molar-refractivity contribution in [3.05, 3.63) is 71.8 Å². The zero-order valence-electron chi connectivity index (χ0n) is 14.3. The van der Waals surface area contributed by atoms with Crippen molar-refractivity contribution in [3.63, 3.8) is 0 Å². The van der Waals surface area contributed by atoms with Gasteiger partial charge >= 0.3 is 0 Å². The van der Waals surface area contributed by atoms with Gasteiger partial charge in [-0.05, 0) is 43.3 Å². The number of aryl methyl sites for hydroxylation is 1. The third-order valence-corrected chi connectivity index (χ3v) is 4.75. The van der Waals surface area contributed by atoms with Crippen molar-refractivity contribution < 1.29 is 13.2 Å². The number of benzene rings is 2. The molecule has 0 aliphatic heterocycles. The maximum absolute atomic E-state index is 12.2. The van der Waals surface area contributed by atoms with Gasteiger partial charge < -0.3 is 5.32 Å². The van der Waals surface area contributed by atoms with Gasteiger partial charge in [-0.15, -0.1) is 10.2 Å². The SMILES string of the molecule is Cc1ccc(C(=O)Nc2ccc(-c3ccc(S(C)(=O)=O)nn3)cc2)cc1. The van der Waals surface area contributed by atoms with Gasteiger partial charge in [-0.2, -0.15) is 0 Å². The second-order valence-corrected chi connectivity index (χ2v) is 7.89. The molecule has 0 unspecified atom stereocenters. The van der Waals surface area contributed by atoms with Crippen LogP contribution in [-0.2, 0) is 9.84 Å². The molecule has 0 saturated carbocycles. The van der Waals surface area contributed by atoms with Crippen LogP contribution in [0.4, 0.5) is 5.69 Å². The van der Waals surface area contributed by atoms with Crippen LogP contribution in [0.5, 0.6) is 0 Å². The first kappa shape index (κ1) is 17.8. The van der Waals surface area contributed by atoms with Gasteiger partial charge in [-0.25, -0.2) is 8.42 Å². The van der Waals surface area contributed by atoms with E-state index in [-0.39, 0.29) is 10.9 Å². The van der Waals surface area contributed by atoms with Crippen LogP contribution in [0.25, 0.3) is 11.3 Å². The van der Waals surface area contributed by atoms with Crippen molar-refractivity contribution in [2.45, 2.75) is 11.9 Å². The number of carbonyl (C=O) groups is 1. The second kappa shape index (κ2) is 7.05. The molecule has 0 aliphatic carbocycles. The average Bonchev–Trinajstić information content (AvgIpc) is 2.62. The molecule has 1 N–H and O–H groups in total. The molecule has 0 radical (unpaired) electrons. The van der Waals surface area contributed by atoms with Gasteiger partial charge in [-0.3, -0.25) is 4.79 Å². The molecule has 3 rings (SSSR count). The fourth-order valence-electron chi connectivity index (χ4n) is 2.30. The number of amides is 1. The van der Waals surface area contributed by atoms with E-state index in [1.165, 1.54) is 6.07 Å². The Kier molecular flexibility index (Phi) is 4.81. The average molecular weight is 367 g/mol. The topological polar surface area (TPSA) is 89.0 Å². The van der Waals surface area contributed by atoms with Gasteiger partial charge in [0.2, 0.25) is 0 Å². The fraction of sp³-hybridized carbons (Fsp3) is 0.105. The number of aromatic nitrogens is 2. The van der Waals surface area contributed by atoms with E-state index in [1.807, 2.05) is 19.1 Å². The third kappa shape index (κ3) is 4.12. The smallest absolute Gasteiger partial charge is 0.255 e. The van der Waals surface area contributed by atoms with Gasteiger partial charge in [0.05, 0.1) is 5.69 Å². The largest absolute Gasteiger partial charge is 0.322 e. The standard InChI is InChI=1S/C19H17N3O3S/c1-13-3-5-15(6-4-13)19(23)20-16-9-7-14(8-10-16)17-11-12-18(22-21-17)26(2,24)25/h3-12H,1-2H3,(H,20,23). The molecule has 7 heteroatoms. The van der Waals surface area contributed by atoms with Crippen LogP contribution in [0.15, 0.2) is 65.7 Å². The van der Waals surface area contributed by atoms with Crippen LogP contribution in [0.1, 0.15) is 15.9 Å². The maximum Gasteiger partial charge on any atom is 0.255 e. The van der Waals surface area contributed by atoms with Crippen molar-refractivity contribution in [2.24, 2.45) is 0 Å². The van der Waals surface area contributed by atoms with Gasteiger partial charge in [0.25, 0.3) is 5.91 Å². The molecule has 3 aromatic rings. The van der Waals surface area contributed by atoms with E-state index in [0.29, 0.717) is 16.9 Å². The van der Waals surface area contributed by atoms with E-state index in [9.17, 15) is 13.2 Å². The molecule has 6 nitrogen and oxygen atoms in total. The Morgan fingerprint density at radius 2 is 1.54 bits per heavy atom. The van der Waals surface area contributed by atoms with E-state index in [1.54, 1.807) is 42.5 Å². The Balaban J connectivity index is 1.74. The summed E-state index contributed by atoms with van der Waals surface area (Å²) in [5.41, 5.74) is 3.65. The summed E-state index contributed by atoms with van der Waals surface area (Å²) in [5.74, 6) is -0.185. The van der Waals surface area contributed by atoms with Crippen molar-refractivity contribution in [1.82, 2.24) is 10.2 Å². The van der Waals surface area contributed by atoms with Crippen LogP contribution < -0.4 is 5.32 Å². The second-order valence-electron chi connectivity index (χ2n) is 5.93. The van der Waals surface area contributed by atoms with Crippen LogP contribution in [0.2, 0.25) is 0 Å². The molecular formula is C19H17N3O3S. The highest BCUT2D eigenvalue weighted by atomic mass is 32.2. The molecule has 0 fully saturated rings. The zero-order valence-corrected chi connectivity index (χ0v) is 15.1. The number of nitrogens with one attached hydrogen (secondary N) is 1. The summed E-state index contributed by atoms with van der Waals surface area (Å²) >= 11 is 0. The summed E-state index contributed by atoms with van der Waals surface area (Å²) in [4.78, 5) is 12.2. The van der Waals surface area contributed by atoms with Gasteiger partial charge in [0.15, 0.2) is 14.9 Å². The number of rotatable bonds is 4. The first-order valence-electron chi connectivity index (χ1n) is 7.85. The molecule has 2 aromatic carbocycles. The number of hydrogen-bond acceptors (Lipinski definition) is 5.